The standard InChI is InChI=1S/C24H32Cl2N4O/c1-15(2)12-22-27-17(5)20(13-18-6-7-19(25)14-21(18)26)23(28-22)29-8-10-30(11-9-29)24(31)16(3)4/h6-7,14-16H,8-13H2,1-5H3. The Balaban J connectivity index is 1.92. The molecular weight excluding hydrogens is 431 g/mol. The number of carbonyl (C=O) groups excluding carboxylic acids is 1. The Bertz CT molecular complexity index is 937. The Kier molecular flexibility index (Phi) is 7.82. The summed E-state index contributed by atoms with van der Waals surface area (Å²) >= 11 is 12.6. The molecule has 1 amide bonds. The molecule has 168 valence electrons. The molecule has 0 spiro atoms. The molecule has 0 aliphatic carbocycles. The van der Waals surface area contributed by atoms with Gasteiger partial charge < -0.3 is 9.80 Å². The number of carbonyl (C=O) groups is 1. The number of piperazine rings is 1. The van der Waals surface area contributed by atoms with E-state index in [1.165, 1.54) is 0 Å². The monoisotopic (exact) mass is 462 g/mol. The fourth-order valence-electron chi connectivity index (χ4n) is 3.92. The second kappa shape index (κ2) is 10.2. The molecule has 0 saturated carbocycles. The second-order valence-electron chi connectivity index (χ2n) is 9.00. The van der Waals surface area contributed by atoms with Crippen LogP contribution < -0.4 is 4.90 Å². The summed E-state index contributed by atoms with van der Waals surface area (Å²) in [5.41, 5.74) is 3.07. The van der Waals surface area contributed by atoms with E-state index in [2.05, 4.69) is 18.7 Å². The van der Waals surface area contributed by atoms with E-state index in [4.69, 9.17) is 33.2 Å². The van der Waals surface area contributed by atoms with Crippen LogP contribution in [-0.2, 0) is 17.6 Å². The minimum atomic E-state index is 0.0214. The van der Waals surface area contributed by atoms with Crippen molar-refractivity contribution in [2.75, 3.05) is 31.1 Å². The van der Waals surface area contributed by atoms with Crippen LogP contribution in [0, 0.1) is 18.8 Å². The normalized spacial score (nSPS) is 14.6. The SMILES string of the molecule is Cc1nc(CC(C)C)nc(N2CCN(C(=O)C(C)C)CC2)c1Cc1ccc(Cl)cc1Cl. The summed E-state index contributed by atoms with van der Waals surface area (Å²) in [6.07, 6.45) is 1.48. The molecule has 1 aromatic heterocycles. The first-order chi connectivity index (χ1) is 14.7. The molecule has 3 rings (SSSR count). The van der Waals surface area contributed by atoms with Crippen molar-refractivity contribution in [1.82, 2.24) is 14.9 Å². The average Bonchev–Trinajstić information content (AvgIpc) is 2.70. The van der Waals surface area contributed by atoms with Gasteiger partial charge in [-0.1, -0.05) is 57.0 Å². The van der Waals surface area contributed by atoms with Crippen LogP contribution in [0.3, 0.4) is 0 Å². The number of aryl methyl sites for hydroxylation is 1. The molecule has 0 unspecified atom stereocenters. The van der Waals surface area contributed by atoms with Gasteiger partial charge in [0, 0.05) is 66.2 Å². The van der Waals surface area contributed by atoms with Gasteiger partial charge in [0.2, 0.25) is 5.91 Å². The molecule has 0 radical (unpaired) electrons. The zero-order valence-corrected chi connectivity index (χ0v) is 20.6. The van der Waals surface area contributed by atoms with Crippen molar-refractivity contribution in [2.45, 2.75) is 47.5 Å². The van der Waals surface area contributed by atoms with Crippen molar-refractivity contribution < 1.29 is 4.79 Å². The van der Waals surface area contributed by atoms with Crippen LogP contribution in [-0.4, -0.2) is 47.0 Å². The highest BCUT2D eigenvalue weighted by Crippen LogP contribution is 2.29. The predicted octanol–water partition coefficient (Wildman–Crippen LogP) is 5.19. The lowest BCUT2D eigenvalue weighted by Crippen LogP contribution is -2.50. The van der Waals surface area contributed by atoms with Gasteiger partial charge >= 0.3 is 0 Å². The Morgan fingerprint density at radius 3 is 2.32 bits per heavy atom. The number of aromatic nitrogens is 2. The number of hydrogen-bond donors (Lipinski definition) is 0. The van der Waals surface area contributed by atoms with Gasteiger partial charge in [-0.25, -0.2) is 9.97 Å². The largest absolute Gasteiger partial charge is 0.353 e. The van der Waals surface area contributed by atoms with E-state index in [0.717, 1.165) is 48.0 Å². The van der Waals surface area contributed by atoms with E-state index in [1.54, 1.807) is 6.07 Å². The number of halogens is 2. The number of nitrogens with zero attached hydrogens (tertiary/aromatic N) is 4. The zero-order chi connectivity index (χ0) is 22.7. The molecule has 5 nitrogen and oxygen atoms in total. The molecule has 31 heavy (non-hydrogen) atoms. The van der Waals surface area contributed by atoms with E-state index >= 15 is 0 Å². The van der Waals surface area contributed by atoms with Gasteiger partial charge in [0.1, 0.15) is 11.6 Å². The minimum Gasteiger partial charge on any atom is -0.353 e. The van der Waals surface area contributed by atoms with Gasteiger partial charge in [0.05, 0.1) is 0 Å². The molecule has 1 fully saturated rings. The minimum absolute atomic E-state index is 0.0214. The maximum absolute atomic E-state index is 12.4. The van der Waals surface area contributed by atoms with Gasteiger partial charge in [-0.05, 0) is 30.5 Å². The topological polar surface area (TPSA) is 49.3 Å². The predicted molar refractivity (Wildman–Crippen MR) is 128 cm³/mol. The Hall–Kier alpha value is -1.85. The van der Waals surface area contributed by atoms with Crippen LogP contribution in [0.25, 0.3) is 0 Å². The summed E-state index contributed by atoms with van der Waals surface area (Å²) in [5.74, 6) is 2.55. The van der Waals surface area contributed by atoms with Crippen molar-refractivity contribution in [3.63, 3.8) is 0 Å². The second-order valence-corrected chi connectivity index (χ2v) is 9.85. The lowest BCUT2D eigenvalue weighted by molar-refractivity contribution is -0.134. The third-order valence-electron chi connectivity index (χ3n) is 5.60. The van der Waals surface area contributed by atoms with Gasteiger partial charge in [-0.2, -0.15) is 0 Å². The van der Waals surface area contributed by atoms with Crippen molar-refractivity contribution in [1.29, 1.82) is 0 Å². The molecule has 7 heteroatoms. The number of rotatable bonds is 6. The molecule has 1 saturated heterocycles. The fourth-order valence-corrected chi connectivity index (χ4v) is 4.40. The smallest absolute Gasteiger partial charge is 0.225 e. The number of hydrogen-bond acceptors (Lipinski definition) is 4. The first-order valence-electron chi connectivity index (χ1n) is 11.0. The summed E-state index contributed by atoms with van der Waals surface area (Å²) in [6, 6.07) is 5.61. The van der Waals surface area contributed by atoms with Crippen LogP contribution in [0.5, 0.6) is 0 Å². The summed E-state index contributed by atoms with van der Waals surface area (Å²) in [5, 5.41) is 1.27. The maximum atomic E-state index is 12.4. The molecule has 1 aliphatic rings. The van der Waals surface area contributed by atoms with E-state index < -0.39 is 0 Å². The van der Waals surface area contributed by atoms with Gasteiger partial charge in [0.25, 0.3) is 0 Å². The van der Waals surface area contributed by atoms with Crippen LogP contribution in [0.4, 0.5) is 5.82 Å². The lowest BCUT2D eigenvalue weighted by atomic mass is 10.0. The Morgan fingerprint density at radius 2 is 1.74 bits per heavy atom. The number of benzene rings is 1. The van der Waals surface area contributed by atoms with Gasteiger partial charge in [0.15, 0.2) is 0 Å². The molecule has 0 bridgehead atoms. The van der Waals surface area contributed by atoms with Crippen LogP contribution in [0.15, 0.2) is 18.2 Å². The fraction of sp³-hybridized carbons (Fsp3) is 0.542. The summed E-state index contributed by atoms with van der Waals surface area (Å²) < 4.78 is 0. The summed E-state index contributed by atoms with van der Waals surface area (Å²) in [7, 11) is 0. The van der Waals surface area contributed by atoms with Crippen LogP contribution in [0.1, 0.15) is 50.3 Å². The first kappa shape index (κ1) is 23.8. The summed E-state index contributed by atoms with van der Waals surface area (Å²) in [4.78, 5) is 26.4. The molecule has 1 aliphatic heterocycles. The molecule has 1 aromatic carbocycles. The van der Waals surface area contributed by atoms with Crippen molar-refractivity contribution in [2.24, 2.45) is 11.8 Å². The van der Waals surface area contributed by atoms with Crippen molar-refractivity contribution >= 4 is 34.9 Å². The highest BCUT2D eigenvalue weighted by atomic mass is 35.5. The molecule has 0 N–H and O–H groups in total. The van der Waals surface area contributed by atoms with Crippen LogP contribution >= 0.6 is 23.2 Å². The third kappa shape index (κ3) is 5.89. The van der Waals surface area contributed by atoms with E-state index in [9.17, 15) is 4.79 Å². The Morgan fingerprint density at radius 1 is 1.06 bits per heavy atom. The zero-order valence-electron chi connectivity index (χ0n) is 19.1. The molecular formula is C24H32Cl2N4O. The summed E-state index contributed by atoms with van der Waals surface area (Å²) in [6.45, 7) is 13.2. The van der Waals surface area contributed by atoms with Crippen LogP contribution in [0.2, 0.25) is 10.0 Å². The van der Waals surface area contributed by atoms with Crippen molar-refractivity contribution in [3.8, 4) is 0 Å². The number of amides is 1. The maximum Gasteiger partial charge on any atom is 0.225 e. The quantitative estimate of drug-likeness (QED) is 0.592. The Labute approximate surface area is 195 Å². The van der Waals surface area contributed by atoms with Gasteiger partial charge in [-0.15, -0.1) is 0 Å². The molecule has 2 heterocycles. The first-order valence-corrected chi connectivity index (χ1v) is 11.7. The van der Waals surface area contributed by atoms with Crippen molar-refractivity contribution in [3.05, 3.63) is 50.9 Å². The van der Waals surface area contributed by atoms with Gasteiger partial charge in [-0.3, -0.25) is 4.79 Å². The number of anilines is 1. The highest BCUT2D eigenvalue weighted by molar-refractivity contribution is 6.35. The van der Waals surface area contributed by atoms with E-state index in [1.807, 2.05) is 37.8 Å². The highest BCUT2D eigenvalue weighted by Gasteiger charge is 2.26. The van der Waals surface area contributed by atoms with E-state index in [-0.39, 0.29) is 11.8 Å². The molecule has 2 aromatic rings. The average molecular weight is 463 g/mol. The van der Waals surface area contributed by atoms with E-state index in [0.29, 0.717) is 35.5 Å². The molecule has 0 atom stereocenters. The lowest BCUT2D eigenvalue weighted by Gasteiger charge is -2.37. The third-order valence-corrected chi connectivity index (χ3v) is 6.18.